The number of hydrogen-bond acceptors (Lipinski definition) is 5. The van der Waals surface area contributed by atoms with Crippen molar-refractivity contribution in [2.75, 3.05) is 19.7 Å². The van der Waals surface area contributed by atoms with Crippen molar-refractivity contribution in [1.82, 2.24) is 4.90 Å². The molecule has 0 radical (unpaired) electrons. The van der Waals surface area contributed by atoms with Crippen molar-refractivity contribution < 1.29 is 13.9 Å². The van der Waals surface area contributed by atoms with Gasteiger partial charge < -0.3 is 9.15 Å². The van der Waals surface area contributed by atoms with E-state index < -0.39 is 0 Å². The van der Waals surface area contributed by atoms with Crippen LogP contribution in [-0.2, 0) is 11.3 Å². The molecule has 1 aromatic carbocycles. The average Bonchev–Trinajstić information content (AvgIpc) is 2.62. The molecule has 1 aliphatic heterocycles. The van der Waals surface area contributed by atoms with Gasteiger partial charge in [0.05, 0.1) is 6.54 Å². The summed E-state index contributed by atoms with van der Waals surface area (Å²) in [5.74, 6) is 1.18. The van der Waals surface area contributed by atoms with Gasteiger partial charge in [0, 0.05) is 6.07 Å². The molecule has 0 unspecified atom stereocenters. The van der Waals surface area contributed by atoms with Gasteiger partial charge in [0.25, 0.3) is 0 Å². The molecule has 0 aliphatic carbocycles. The Hall–Kier alpha value is -2.40. The zero-order valence-electron chi connectivity index (χ0n) is 14.4. The van der Waals surface area contributed by atoms with Crippen LogP contribution in [0.4, 0.5) is 0 Å². The molecule has 0 bridgehead atoms. The number of piperidine rings is 1. The first-order valence-electron chi connectivity index (χ1n) is 8.63. The summed E-state index contributed by atoms with van der Waals surface area (Å²) in [4.78, 5) is 25.2. The fraction of sp³-hybridized carbons (Fsp3) is 0.400. The fourth-order valence-corrected chi connectivity index (χ4v) is 3.18. The second-order valence-corrected chi connectivity index (χ2v) is 6.53. The van der Waals surface area contributed by atoms with Gasteiger partial charge in [-0.25, -0.2) is 0 Å². The Kier molecular flexibility index (Phi) is 5.66. The summed E-state index contributed by atoms with van der Waals surface area (Å²) in [6, 6.07) is 12.1. The number of rotatable bonds is 6. The molecule has 0 spiro atoms. The number of hydrogen-bond donors (Lipinski definition) is 0. The summed E-state index contributed by atoms with van der Waals surface area (Å²) < 4.78 is 10.6. The molecule has 0 atom stereocenters. The third-order valence-electron chi connectivity index (χ3n) is 4.52. The Balaban J connectivity index is 1.54. The molecule has 1 saturated heterocycles. The van der Waals surface area contributed by atoms with Crippen LogP contribution in [0.1, 0.15) is 37.0 Å². The molecule has 25 heavy (non-hydrogen) atoms. The molecule has 5 heteroatoms. The van der Waals surface area contributed by atoms with Crippen LogP contribution in [-0.4, -0.2) is 30.4 Å². The van der Waals surface area contributed by atoms with E-state index in [4.69, 9.17) is 9.15 Å². The highest BCUT2D eigenvalue weighted by molar-refractivity contribution is 5.77. The molecule has 2 heterocycles. The molecule has 5 nitrogen and oxygen atoms in total. The van der Waals surface area contributed by atoms with Crippen molar-refractivity contribution in [2.24, 2.45) is 0 Å². The van der Waals surface area contributed by atoms with Gasteiger partial charge in [-0.15, -0.1) is 0 Å². The van der Waals surface area contributed by atoms with E-state index in [2.05, 4.69) is 29.2 Å². The molecule has 1 aliphatic rings. The topological polar surface area (TPSA) is 59.8 Å². The molecule has 0 amide bonds. The first-order chi connectivity index (χ1) is 12.1. The lowest BCUT2D eigenvalue weighted by atomic mass is 9.89. The standard InChI is InChI=1S/C20H23NO4/c1-15(22)13-25-20-14-24-18(11-19(20)23)12-21-9-7-17(8-10-21)16-5-3-2-4-6-16/h2-6,11,14,17H,7-10,12-13H2,1H3. The third kappa shape index (κ3) is 4.79. The maximum absolute atomic E-state index is 12.0. The second kappa shape index (κ2) is 8.12. The SMILES string of the molecule is CC(=O)COc1coc(CN2CCC(c3ccccc3)CC2)cc1=O. The highest BCUT2D eigenvalue weighted by Crippen LogP contribution is 2.28. The third-order valence-corrected chi connectivity index (χ3v) is 4.52. The maximum atomic E-state index is 12.0. The average molecular weight is 341 g/mol. The first-order valence-corrected chi connectivity index (χ1v) is 8.63. The van der Waals surface area contributed by atoms with Crippen LogP contribution in [0.2, 0.25) is 0 Å². The minimum absolute atomic E-state index is 0.0849. The van der Waals surface area contributed by atoms with Crippen LogP contribution < -0.4 is 10.2 Å². The van der Waals surface area contributed by atoms with Crippen molar-refractivity contribution >= 4 is 5.78 Å². The summed E-state index contributed by atoms with van der Waals surface area (Å²) in [6.07, 6.45) is 3.51. The zero-order valence-corrected chi connectivity index (χ0v) is 14.4. The molecule has 1 fully saturated rings. The summed E-state index contributed by atoms with van der Waals surface area (Å²) >= 11 is 0. The Morgan fingerprint density at radius 1 is 1.24 bits per heavy atom. The van der Waals surface area contributed by atoms with Gasteiger partial charge in [0.15, 0.2) is 5.78 Å². The summed E-state index contributed by atoms with van der Waals surface area (Å²) in [5, 5.41) is 0. The largest absolute Gasteiger partial charge is 0.479 e. The summed E-state index contributed by atoms with van der Waals surface area (Å²) in [7, 11) is 0. The molecular formula is C20H23NO4. The van der Waals surface area contributed by atoms with Crippen LogP contribution in [0.25, 0.3) is 0 Å². The first kappa shape index (κ1) is 17.4. The zero-order chi connectivity index (χ0) is 17.6. The number of benzene rings is 1. The molecule has 0 saturated carbocycles. The van der Waals surface area contributed by atoms with Crippen molar-refractivity contribution in [1.29, 1.82) is 0 Å². The highest BCUT2D eigenvalue weighted by Gasteiger charge is 2.21. The van der Waals surface area contributed by atoms with E-state index in [1.54, 1.807) is 0 Å². The number of Topliss-reactive ketones (excluding diaryl/α,β-unsaturated/α-hetero) is 1. The van der Waals surface area contributed by atoms with E-state index in [0.29, 0.717) is 18.2 Å². The van der Waals surface area contributed by atoms with Gasteiger partial charge in [-0.1, -0.05) is 30.3 Å². The Morgan fingerprint density at radius 2 is 1.96 bits per heavy atom. The van der Waals surface area contributed by atoms with Crippen LogP contribution in [0.5, 0.6) is 5.75 Å². The van der Waals surface area contributed by atoms with Crippen LogP contribution in [0, 0.1) is 0 Å². The van der Waals surface area contributed by atoms with Crippen molar-refractivity contribution in [3.05, 3.63) is 64.2 Å². The molecular weight excluding hydrogens is 318 g/mol. The number of ether oxygens (including phenoxy) is 1. The normalized spacial score (nSPS) is 15.9. The second-order valence-electron chi connectivity index (χ2n) is 6.53. The summed E-state index contributed by atoms with van der Waals surface area (Å²) in [5.41, 5.74) is 1.15. The molecule has 1 aromatic heterocycles. The minimum Gasteiger partial charge on any atom is -0.479 e. The van der Waals surface area contributed by atoms with E-state index in [1.807, 2.05) is 6.07 Å². The Morgan fingerprint density at radius 3 is 2.60 bits per heavy atom. The van der Waals surface area contributed by atoms with E-state index in [0.717, 1.165) is 25.9 Å². The van der Waals surface area contributed by atoms with Crippen LogP contribution >= 0.6 is 0 Å². The maximum Gasteiger partial charge on any atom is 0.227 e. The van der Waals surface area contributed by atoms with Crippen molar-refractivity contribution in [3.63, 3.8) is 0 Å². The smallest absolute Gasteiger partial charge is 0.227 e. The fourth-order valence-electron chi connectivity index (χ4n) is 3.18. The van der Waals surface area contributed by atoms with Crippen molar-refractivity contribution in [3.8, 4) is 5.75 Å². The van der Waals surface area contributed by atoms with E-state index in [9.17, 15) is 9.59 Å². The van der Waals surface area contributed by atoms with Gasteiger partial charge in [0.2, 0.25) is 11.2 Å². The van der Waals surface area contributed by atoms with Gasteiger partial charge in [-0.2, -0.15) is 0 Å². The van der Waals surface area contributed by atoms with Crippen LogP contribution in [0.15, 0.2) is 51.9 Å². The van der Waals surface area contributed by atoms with E-state index >= 15 is 0 Å². The van der Waals surface area contributed by atoms with E-state index in [-0.39, 0.29) is 23.6 Å². The predicted molar refractivity (Wildman–Crippen MR) is 94.8 cm³/mol. The van der Waals surface area contributed by atoms with E-state index in [1.165, 1.54) is 24.8 Å². The monoisotopic (exact) mass is 341 g/mol. The lowest BCUT2D eigenvalue weighted by Crippen LogP contribution is -2.32. The van der Waals surface area contributed by atoms with Gasteiger partial charge in [-0.3, -0.25) is 14.5 Å². The number of carbonyl (C=O) groups excluding carboxylic acids is 1. The minimum atomic E-state index is -0.248. The molecule has 2 aromatic rings. The number of nitrogens with zero attached hydrogens (tertiary/aromatic N) is 1. The highest BCUT2D eigenvalue weighted by atomic mass is 16.5. The number of ketones is 1. The Labute approximate surface area is 147 Å². The molecule has 3 rings (SSSR count). The quantitative estimate of drug-likeness (QED) is 0.808. The van der Waals surface area contributed by atoms with Crippen molar-refractivity contribution in [2.45, 2.75) is 32.2 Å². The molecule has 0 N–H and O–H groups in total. The lowest BCUT2D eigenvalue weighted by molar-refractivity contribution is -0.118. The van der Waals surface area contributed by atoms with Gasteiger partial charge >= 0.3 is 0 Å². The summed E-state index contributed by atoms with van der Waals surface area (Å²) in [6.45, 7) is 3.87. The molecule has 132 valence electrons. The lowest BCUT2D eigenvalue weighted by Gasteiger charge is -2.31. The van der Waals surface area contributed by atoms with Gasteiger partial charge in [0.1, 0.15) is 18.6 Å². The number of likely N-dealkylation sites (tertiary alicyclic amines) is 1. The van der Waals surface area contributed by atoms with Crippen LogP contribution in [0.3, 0.4) is 0 Å². The van der Waals surface area contributed by atoms with Gasteiger partial charge in [-0.05, 0) is 44.3 Å². The Bertz CT molecular complexity index is 761. The number of carbonyl (C=O) groups is 1. The predicted octanol–water partition coefficient (Wildman–Crippen LogP) is 2.99.